The smallest absolute Gasteiger partial charge is 0.160 e. The second kappa shape index (κ2) is 14.8. The maximum absolute atomic E-state index is 6.66. The zero-order valence-corrected chi connectivity index (χ0v) is 34.7. The molecule has 2 aromatic heterocycles. The minimum absolute atomic E-state index is 0.413. The average Bonchev–Trinajstić information content (AvgIpc) is 3.88. The molecule has 0 aliphatic heterocycles. The standard InChI is InChI=1S/C60H40N2O/c1-60(46-24-9-4-10-25-46)53-32-13-11-26-48(53)50-29-17-31-52(57(50)60)55-38-54(61-59(62-55)40-20-7-3-8-21-40)45-36-43(42-23-15-22-41(34-42)39-18-5-2-6-19-39)35-44(37-45)47-28-16-30-51-49-27-12-14-33-56(49)63-58(47)51/h2-38H,1H3. The van der Waals surface area contributed by atoms with Crippen LogP contribution in [0.2, 0.25) is 0 Å². The van der Waals surface area contributed by atoms with Gasteiger partial charge < -0.3 is 4.42 Å². The van der Waals surface area contributed by atoms with E-state index in [4.69, 9.17) is 14.4 Å². The first-order valence-corrected chi connectivity index (χ1v) is 21.6. The van der Waals surface area contributed by atoms with Crippen molar-refractivity contribution in [3.63, 3.8) is 0 Å². The molecule has 11 aromatic rings. The lowest BCUT2D eigenvalue weighted by atomic mass is 9.72. The number of furan rings is 1. The number of benzene rings is 9. The highest BCUT2D eigenvalue weighted by Crippen LogP contribution is 2.55. The van der Waals surface area contributed by atoms with Crippen LogP contribution in [0.25, 0.3) is 100 Å². The fraction of sp³-hybridized carbons (Fsp3) is 0.0333. The van der Waals surface area contributed by atoms with E-state index in [2.05, 4.69) is 213 Å². The van der Waals surface area contributed by atoms with Crippen molar-refractivity contribution in [2.24, 2.45) is 0 Å². The highest BCUT2D eigenvalue weighted by molar-refractivity contribution is 6.10. The zero-order valence-electron chi connectivity index (χ0n) is 34.7. The average molecular weight is 805 g/mol. The van der Waals surface area contributed by atoms with Gasteiger partial charge >= 0.3 is 0 Å². The van der Waals surface area contributed by atoms with Gasteiger partial charge in [-0.3, -0.25) is 0 Å². The van der Waals surface area contributed by atoms with Crippen molar-refractivity contribution in [2.45, 2.75) is 12.3 Å². The molecule has 63 heavy (non-hydrogen) atoms. The number of para-hydroxylation sites is 2. The molecule has 296 valence electrons. The van der Waals surface area contributed by atoms with Crippen molar-refractivity contribution in [3.05, 3.63) is 241 Å². The van der Waals surface area contributed by atoms with Crippen molar-refractivity contribution in [3.8, 4) is 78.4 Å². The molecule has 0 spiro atoms. The molecular weight excluding hydrogens is 765 g/mol. The van der Waals surface area contributed by atoms with Crippen LogP contribution in [0.3, 0.4) is 0 Å². The van der Waals surface area contributed by atoms with E-state index in [-0.39, 0.29) is 0 Å². The molecule has 1 unspecified atom stereocenters. The summed E-state index contributed by atoms with van der Waals surface area (Å²) in [4.78, 5) is 10.9. The lowest BCUT2D eigenvalue weighted by Crippen LogP contribution is -2.23. The lowest BCUT2D eigenvalue weighted by Gasteiger charge is -2.30. The molecular formula is C60H40N2O. The van der Waals surface area contributed by atoms with Crippen molar-refractivity contribution in [2.75, 3.05) is 0 Å². The van der Waals surface area contributed by atoms with E-state index < -0.39 is 5.41 Å². The number of rotatable bonds is 7. The predicted octanol–water partition coefficient (Wildman–Crippen LogP) is 15.7. The van der Waals surface area contributed by atoms with E-state index in [0.29, 0.717) is 5.82 Å². The summed E-state index contributed by atoms with van der Waals surface area (Å²) in [5, 5.41) is 2.20. The Balaban J connectivity index is 1.11. The Labute approximate surface area is 366 Å². The molecule has 0 fully saturated rings. The van der Waals surface area contributed by atoms with Gasteiger partial charge in [0, 0.05) is 38.4 Å². The van der Waals surface area contributed by atoms with Gasteiger partial charge in [0.1, 0.15) is 11.2 Å². The maximum Gasteiger partial charge on any atom is 0.160 e. The van der Waals surface area contributed by atoms with Crippen LogP contribution in [0, 0.1) is 0 Å². The number of hydrogen-bond donors (Lipinski definition) is 0. The Morgan fingerprint density at radius 2 is 0.905 bits per heavy atom. The van der Waals surface area contributed by atoms with E-state index in [0.717, 1.165) is 77.8 Å². The molecule has 1 atom stereocenters. The van der Waals surface area contributed by atoms with E-state index in [1.54, 1.807) is 0 Å². The first-order chi connectivity index (χ1) is 31.1. The number of nitrogens with zero attached hydrogens (tertiary/aromatic N) is 2. The zero-order chi connectivity index (χ0) is 41.9. The summed E-state index contributed by atoms with van der Waals surface area (Å²) in [5.41, 5.74) is 19.0. The largest absolute Gasteiger partial charge is 0.455 e. The molecule has 1 aliphatic rings. The summed E-state index contributed by atoms with van der Waals surface area (Å²) < 4.78 is 6.66. The summed E-state index contributed by atoms with van der Waals surface area (Å²) in [6.07, 6.45) is 0. The van der Waals surface area contributed by atoms with Gasteiger partial charge in [-0.2, -0.15) is 0 Å². The predicted molar refractivity (Wildman–Crippen MR) is 259 cm³/mol. The van der Waals surface area contributed by atoms with Crippen molar-refractivity contribution >= 4 is 21.9 Å². The van der Waals surface area contributed by atoms with Crippen LogP contribution in [0.4, 0.5) is 0 Å². The first-order valence-electron chi connectivity index (χ1n) is 21.6. The van der Waals surface area contributed by atoms with Crippen LogP contribution in [0.1, 0.15) is 23.6 Å². The third-order valence-electron chi connectivity index (χ3n) is 13.0. The van der Waals surface area contributed by atoms with Crippen LogP contribution < -0.4 is 0 Å². The first kappa shape index (κ1) is 36.7. The Kier molecular flexibility index (Phi) is 8.62. The van der Waals surface area contributed by atoms with Crippen molar-refractivity contribution < 1.29 is 4.42 Å². The van der Waals surface area contributed by atoms with Crippen LogP contribution in [0.5, 0.6) is 0 Å². The van der Waals surface area contributed by atoms with Crippen LogP contribution in [-0.2, 0) is 5.41 Å². The van der Waals surface area contributed by atoms with Crippen molar-refractivity contribution in [1.29, 1.82) is 0 Å². The fourth-order valence-corrected chi connectivity index (χ4v) is 9.92. The Morgan fingerprint density at radius 3 is 1.73 bits per heavy atom. The minimum atomic E-state index is -0.413. The van der Waals surface area contributed by atoms with E-state index in [9.17, 15) is 0 Å². The summed E-state index contributed by atoms with van der Waals surface area (Å²) in [5.74, 6) is 0.676. The van der Waals surface area contributed by atoms with Gasteiger partial charge in [-0.05, 0) is 99.0 Å². The summed E-state index contributed by atoms with van der Waals surface area (Å²) in [6.45, 7) is 2.37. The molecule has 0 amide bonds. The lowest BCUT2D eigenvalue weighted by molar-refractivity contribution is 0.670. The number of aromatic nitrogens is 2. The Morgan fingerprint density at radius 1 is 0.365 bits per heavy atom. The van der Waals surface area contributed by atoms with Crippen LogP contribution in [-0.4, -0.2) is 9.97 Å². The van der Waals surface area contributed by atoms with Gasteiger partial charge in [0.05, 0.1) is 11.4 Å². The summed E-state index contributed by atoms with van der Waals surface area (Å²) >= 11 is 0. The molecule has 9 aromatic carbocycles. The molecule has 3 nitrogen and oxygen atoms in total. The highest BCUT2D eigenvalue weighted by atomic mass is 16.3. The van der Waals surface area contributed by atoms with Gasteiger partial charge in [-0.1, -0.05) is 188 Å². The molecule has 0 radical (unpaired) electrons. The van der Waals surface area contributed by atoms with E-state index in [1.807, 2.05) is 18.2 Å². The highest BCUT2D eigenvalue weighted by Gasteiger charge is 2.42. The normalized spacial score (nSPS) is 14.2. The van der Waals surface area contributed by atoms with E-state index in [1.165, 1.54) is 33.4 Å². The molecule has 0 N–H and O–H groups in total. The number of hydrogen-bond acceptors (Lipinski definition) is 3. The van der Waals surface area contributed by atoms with E-state index >= 15 is 0 Å². The van der Waals surface area contributed by atoms with Crippen LogP contribution >= 0.6 is 0 Å². The number of fused-ring (bicyclic) bond motifs is 6. The third kappa shape index (κ3) is 6.12. The molecule has 3 heteroatoms. The molecule has 0 saturated carbocycles. The molecule has 0 bridgehead atoms. The van der Waals surface area contributed by atoms with Gasteiger partial charge in [0.25, 0.3) is 0 Å². The minimum Gasteiger partial charge on any atom is -0.455 e. The van der Waals surface area contributed by atoms with Crippen LogP contribution in [0.15, 0.2) is 229 Å². The Bertz CT molecular complexity index is 3520. The molecule has 2 heterocycles. The monoisotopic (exact) mass is 804 g/mol. The maximum atomic E-state index is 6.66. The third-order valence-corrected chi connectivity index (χ3v) is 13.0. The van der Waals surface area contributed by atoms with Gasteiger partial charge in [-0.15, -0.1) is 0 Å². The second-order valence-corrected chi connectivity index (χ2v) is 16.6. The Hall–Kier alpha value is -8.14. The molecule has 0 saturated heterocycles. The van der Waals surface area contributed by atoms with Gasteiger partial charge in [0.15, 0.2) is 5.82 Å². The summed E-state index contributed by atoms with van der Waals surface area (Å²) in [6, 6.07) is 80.0. The second-order valence-electron chi connectivity index (χ2n) is 16.6. The van der Waals surface area contributed by atoms with Gasteiger partial charge in [0.2, 0.25) is 0 Å². The molecule has 12 rings (SSSR count). The SMILES string of the molecule is CC1(c2ccccc2)c2ccccc2-c2cccc(-c3cc(-c4cc(-c5cccc(-c6ccccc6)c5)cc(-c5cccc6c5oc5ccccc56)c4)nc(-c4ccccc4)n3)c21. The topological polar surface area (TPSA) is 38.9 Å². The van der Waals surface area contributed by atoms with Crippen molar-refractivity contribution in [1.82, 2.24) is 9.97 Å². The summed E-state index contributed by atoms with van der Waals surface area (Å²) in [7, 11) is 0. The molecule has 1 aliphatic carbocycles. The fourth-order valence-electron chi connectivity index (χ4n) is 9.92. The van der Waals surface area contributed by atoms with Gasteiger partial charge in [-0.25, -0.2) is 9.97 Å². The quantitative estimate of drug-likeness (QED) is 0.161.